The second-order valence-electron chi connectivity index (χ2n) is 5.74. The van der Waals surface area contributed by atoms with Crippen LogP contribution < -0.4 is 11.1 Å². The van der Waals surface area contributed by atoms with Crippen LogP contribution in [0.1, 0.15) is 49.4 Å². The first kappa shape index (κ1) is 14.8. The lowest BCUT2D eigenvalue weighted by Crippen LogP contribution is -2.31. The predicted molar refractivity (Wildman–Crippen MR) is 78.9 cm³/mol. The zero-order valence-electron chi connectivity index (χ0n) is 12.0. The monoisotopic (exact) mass is 278 g/mol. The lowest BCUT2D eigenvalue weighted by Gasteiger charge is -2.27. The van der Waals surface area contributed by atoms with Crippen LogP contribution in [0.4, 0.5) is 10.1 Å². The quantitative estimate of drug-likeness (QED) is 0.830. The Kier molecular flexibility index (Phi) is 4.99. The van der Waals surface area contributed by atoms with Gasteiger partial charge in [-0.25, -0.2) is 4.39 Å². The summed E-state index contributed by atoms with van der Waals surface area (Å²) >= 11 is 0. The minimum absolute atomic E-state index is 0.0149. The Balaban J connectivity index is 1.82. The second-order valence-corrected chi connectivity index (χ2v) is 5.74. The molecule has 1 fully saturated rings. The number of hydrogen-bond acceptors (Lipinski definition) is 2. The molecule has 1 amide bonds. The van der Waals surface area contributed by atoms with Gasteiger partial charge in [0.15, 0.2) is 0 Å². The molecule has 0 radical (unpaired) electrons. The molecule has 1 saturated carbocycles. The number of carbonyl (C=O) groups excluding carboxylic acids is 1. The van der Waals surface area contributed by atoms with E-state index in [9.17, 15) is 9.18 Å². The van der Waals surface area contributed by atoms with E-state index >= 15 is 0 Å². The summed E-state index contributed by atoms with van der Waals surface area (Å²) in [7, 11) is 0. The fourth-order valence-electron chi connectivity index (χ4n) is 2.87. The molecule has 110 valence electrons. The Morgan fingerprint density at radius 2 is 1.95 bits per heavy atom. The van der Waals surface area contributed by atoms with Crippen molar-refractivity contribution < 1.29 is 9.18 Å². The first-order chi connectivity index (χ1) is 9.60. The standard InChI is InChI=1S/C16H23FN2O/c1-2-11-3-5-12(6-4-11)10-19-16(20)13-7-8-14(17)15(18)9-13/h7-9,11-12H,2-6,10,18H2,1H3,(H,19,20). The summed E-state index contributed by atoms with van der Waals surface area (Å²) in [4.78, 5) is 12.0. The number of nitrogen functional groups attached to an aromatic ring is 1. The summed E-state index contributed by atoms with van der Waals surface area (Å²) in [5.74, 6) is 0.771. The van der Waals surface area contributed by atoms with Crippen LogP contribution in [0.2, 0.25) is 0 Å². The molecule has 1 aromatic rings. The highest BCUT2D eigenvalue weighted by atomic mass is 19.1. The van der Waals surface area contributed by atoms with Gasteiger partial charge in [0.05, 0.1) is 5.69 Å². The molecule has 0 saturated heterocycles. The number of hydrogen-bond donors (Lipinski definition) is 2. The van der Waals surface area contributed by atoms with E-state index in [1.807, 2.05) is 0 Å². The van der Waals surface area contributed by atoms with Crippen molar-refractivity contribution in [2.45, 2.75) is 39.0 Å². The Hall–Kier alpha value is -1.58. The number of anilines is 1. The number of nitrogens with two attached hydrogens (primary N) is 1. The first-order valence-corrected chi connectivity index (χ1v) is 7.43. The summed E-state index contributed by atoms with van der Waals surface area (Å²) in [6, 6.07) is 4.09. The molecule has 3 N–H and O–H groups in total. The van der Waals surface area contributed by atoms with Crippen LogP contribution in [0.15, 0.2) is 18.2 Å². The maximum absolute atomic E-state index is 13.1. The molecule has 0 bridgehead atoms. The molecule has 0 heterocycles. The number of carbonyl (C=O) groups is 1. The molecule has 2 rings (SSSR count). The van der Waals surface area contributed by atoms with E-state index in [-0.39, 0.29) is 11.6 Å². The molecule has 1 aliphatic carbocycles. The van der Waals surface area contributed by atoms with Gasteiger partial charge in [0.25, 0.3) is 5.91 Å². The van der Waals surface area contributed by atoms with Crippen molar-refractivity contribution in [3.8, 4) is 0 Å². The highest BCUT2D eigenvalue weighted by molar-refractivity contribution is 5.95. The summed E-state index contributed by atoms with van der Waals surface area (Å²) in [5, 5.41) is 2.93. The van der Waals surface area contributed by atoms with Crippen molar-refractivity contribution >= 4 is 11.6 Å². The average molecular weight is 278 g/mol. The Morgan fingerprint density at radius 3 is 2.55 bits per heavy atom. The van der Waals surface area contributed by atoms with E-state index < -0.39 is 5.82 Å². The van der Waals surface area contributed by atoms with E-state index in [0.29, 0.717) is 18.0 Å². The van der Waals surface area contributed by atoms with Crippen LogP contribution in [-0.4, -0.2) is 12.5 Å². The van der Waals surface area contributed by atoms with Gasteiger partial charge in [-0.1, -0.05) is 26.2 Å². The lowest BCUT2D eigenvalue weighted by atomic mass is 9.81. The van der Waals surface area contributed by atoms with Gasteiger partial charge in [0.1, 0.15) is 5.82 Å². The highest BCUT2D eigenvalue weighted by Crippen LogP contribution is 2.30. The number of halogens is 1. The van der Waals surface area contributed by atoms with Gasteiger partial charge in [0, 0.05) is 12.1 Å². The van der Waals surface area contributed by atoms with Gasteiger partial charge in [-0.05, 0) is 42.9 Å². The van der Waals surface area contributed by atoms with E-state index in [0.717, 1.165) is 5.92 Å². The second kappa shape index (κ2) is 6.73. The molecule has 0 atom stereocenters. The summed E-state index contributed by atoms with van der Waals surface area (Å²) in [5.41, 5.74) is 5.91. The van der Waals surface area contributed by atoms with Crippen molar-refractivity contribution in [1.82, 2.24) is 5.32 Å². The SMILES string of the molecule is CCC1CCC(CNC(=O)c2ccc(F)c(N)c2)CC1. The maximum atomic E-state index is 13.1. The third-order valence-electron chi connectivity index (χ3n) is 4.35. The molecule has 1 aliphatic rings. The fraction of sp³-hybridized carbons (Fsp3) is 0.562. The fourth-order valence-corrected chi connectivity index (χ4v) is 2.87. The van der Waals surface area contributed by atoms with Crippen molar-refractivity contribution in [1.29, 1.82) is 0 Å². The molecule has 3 nitrogen and oxygen atoms in total. The smallest absolute Gasteiger partial charge is 0.251 e. The van der Waals surface area contributed by atoms with Gasteiger partial charge < -0.3 is 11.1 Å². The van der Waals surface area contributed by atoms with E-state index in [1.54, 1.807) is 0 Å². The number of rotatable bonds is 4. The van der Waals surface area contributed by atoms with Crippen LogP contribution in [-0.2, 0) is 0 Å². The van der Waals surface area contributed by atoms with Crippen molar-refractivity contribution in [2.75, 3.05) is 12.3 Å². The molecular weight excluding hydrogens is 255 g/mol. The van der Waals surface area contributed by atoms with Crippen molar-refractivity contribution in [3.05, 3.63) is 29.6 Å². The topological polar surface area (TPSA) is 55.1 Å². The molecular formula is C16H23FN2O. The Morgan fingerprint density at radius 1 is 1.30 bits per heavy atom. The molecule has 0 aliphatic heterocycles. The van der Waals surface area contributed by atoms with Crippen LogP contribution in [0, 0.1) is 17.7 Å². The zero-order chi connectivity index (χ0) is 14.5. The van der Waals surface area contributed by atoms with Gasteiger partial charge in [-0.15, -0.1) is 0 Å². The van der Waals surface area contributed by atoms with Gasteiger partial charge in [-0.3, -0.25) is 4.79 Å². The van der Waals surface area contributed by atoms with Crippen LogP contribution >= 0.6 is 0 Å². The van der Waals surface area contributed by atoms with E-state index in [4.69, 9.17) is 5.73 Å². The summed E-state index contributed by atoms with van der Waals surface area (Å²) in [6.07, 6.45) is 6.16. The van der Waals surface area contributed by atoms with Crippen LogP contribution in [0.5, 0.6) is 0 Å². The molecule has 0 unspecified atom stereocenters. The van der Waals surface area contributed by atoms with Crippen molar-refractivity contribution in [2.24, 2.45) is 11.8 Å². The first-order valence-electron chi connectivity index (χ1n) is 7.43. The summed E-state index contributed by atoms with van der Waals surface area (Å²) < 4.78 is 13.1. The third kappa shape index (κ3) is 3.71. The Bertz CT molecular complexity index is 468. The Labute approximate surface area is 119 Å². The van der Waals surface area contributed by atoms with E-state index in [2.05, 4.69) is 12.2 Å². The number of amides is 1. The van der Waals surface area contributed by atoms with Gasteiger partial charge in [-0.2, -0.15) is 0 Å². The third-order valence-corrected chi connectivity index (χ3v) is 4.35. The van der Waals surface area contributed by atoms with E-state index in [1.165, 1.54) is 50.3 Å². The van der Waals surface area contributed by atoms with Crippen LogP contribution in [0.3, 0.4) is 0 Å². The average Bonchev–Trinajstić information content (AvgIpc) is 2.48. The molecule has 0 spiro atoms. The van der Waals surface area contributed by atoms with Gasteiger partial charge >= 0.3 is 0 Å². The molecule has 0 aromatic heterocycles. The number of benzene rings is 1. The number of nitrogens with one attached hydrogen (secondary N) is 1. The normalized spacial score (nSPS) is 22.5. The van der Waals surface area contributed by atoms with Gasteiger partial charge in [0.2, 0.25) is 0 Å². The molecule has 1 aromatic carbocycles. The maximum Gasteiger partial charge on any atom is 0.251 e. The lowest BCUT2D eigenvalue weighted by molar-refractivity contribution is 0.0941. The molecule has 4 heteroatoms. The van der Waals surface area contributed by atoms with Crippen molar-refractivity contribution in [3.63, 3.8) is 0 Å². The largest absolute Gasteiger partial charge is 0.396 e. The minimum Gasteiger partial charge on any atom is -0.396 e. The summed E-state index contributed by atoms with van der Waals surface area (Å²) in [6.45, 7) is 2.94. The molecule has 20 heavy (non-hydrogen) atoms. The van der Waals surface area contributed by atoms with Crippen LogP contribution in [0.25, 0.3) is 0 Å². The predicted octanol–water partition coefficient (Wildman–Crippen LogP) is 3.35. The minimum atomic E-state index is -0.487. The zero-order valence-corrected chi connectivity index (χ0v) is 12.0. The highest BCUT2D eigenvalue weighted by Gasteiger charge is 2.20.